The Bertz CT molecular complexity index is 1030. The van der Waals surface area contributed by atoms with Crippen molar-refractivity contribution in [2.24, 2.45) is 0 Å². The van der Waals surface area contributed by atoms with Gasteiger partial charge >= 0.3 is 0 Å². The molecule has 6 heteroatoms. The molecule has 0 atom stereocenters. The second kappa shape index (κ2) is 7.17. The van der Waals surface area contributed by atoms with Gasteiger partial charge in [0.05, 0.1) is 16.8 Å². The third-order valence-electron chi connectivity index (χ3n) is 4.09. The van der Waals surface area contributed by atoms with E-state index < -0.39 is 10.0 Å². The molecule has 5 nitrogen and oxygen atoms in total. The number of aromatic nitrogens is 1. The summed E-state index contributed by atoms with van der Waals surface area (Å²) in [7, 11) is -3.64. The molecule has 3 rings (SSSR count). The van der Waals surface area contributed by atoms with E-state index in [1.54, 1.807) is 30.3 Å². The van der Waals surface area contributed by atoms with E-state index >= 15 is 0 Å². The molecule has 134 valence electrons. The summed E-state index contributed by atoms with van der Waals surface area (Å²) in [6.45, 7) is 5.86. The summed E-state index contributed by atoms with van der Waals surface area (Å²) in [6, 6.07) is 16.4. The minimum absolute atomic E-state index is 0.238. The molecule has 0 aliphatic carbocycles. The lowest BCUT2D eigenvalue weighted by molar-refractivity contribution is 0.601. The number of anilines is 3. The van der Waals surface area contributed by atoms with Crippen LogP contribution in [0.4, 0.5) is 17.2 Å². The van der Waals surface area contributed by atoms with Crippen LogP contribution in [0.3, 0.4) is 0 Å². The molecular weight excluding hydrogens is 346 g/mol. The van der Waals surface area contributed by atoms with Gasteiger partial charge in [0, 0.05) is 5.69 Å². The van der Waals surface area contributed by atoms with Gasteiger partial charge in [0.15, 0.2) is 0 Å². The quantitative estimate of drug-likeness (QED) is 0.694. The van der Waals surface area contributed by atoms with E-state index in [4.69, 9.17) is 0 Å². The van der Waals surface area contributed by atoms with Crippen LogP contribution in [0.2, 0.25) is 0 Å². The Labute approximate surface area is 154 Å². The van der Waals surface area contributed by atoms with Gasteiger partial charge in [-0.25, -0.2) is 13.4 Å². The SMILES string of the molecule is Cc1cccc(Nc2ccc(NS(=O)(=O)c3ccc(C)c(C)c3)cn2)c1. The van der Waals surface area contributed by atoms with Crippen LogP contribution in [-0.2, 0) is 10.0 Å². The Morgan fingerprint density at radius 2 is 1.65 bits per heavy atom. The molecule has 0 aliphatic heterocycles. The number of nitrogens with one attached hydrogen (secondary N) is 2. The van der Waals surface area contributed by atoms with Gasteiger partial charge in [-0.3, -0.25) is 4.72 Å². The summed E-state index contributed by atoms with van der Waals surface area (Å²) >= 11 is 0. The van der Waals surface area contributed by atoms with E-state index in [0.717, 1.165) is 22.4 Å². The number of aryl methyl sites for hydroxylation is 3. The van der Waals surface area contributed by atoms with Crippen LogP contribution in [0.5, 0.6) is 0 Å². The molecule has 2 aromatic carbocycles. The van der Waals surface area contributed by atoms with Crippen molar-refractivity contribution in [3.05, 3.63) is 77.5 Å². The second-order valence-corrected chi connectivity index (χ2v) is 7.96. The monoisotopic (exact) mass is 367 g/mol. The van der Waals surface area contributed by atoms with Gasteiger partial charge in [0.25, 0.3) is 10.0 Å². The summed E-state index contributed by atoms with van der Waals surface area (Å²) in [5.41, 5.74) is 4.48. The maximum absolute atomic E-state index is 12.5. The molecule has 2 N–H and O–H groups in total. The second-order valence-electron chi connectivity index (χ2n) is 6.28. The fraction of sp³-hybridized carbons (Fsp3) is 0.150. The lowest BCUT2D eigenvalue weighted by Crippen LogP contribution is -2.13. The molecule has 0 spiro atoms. The number of pyridine rings is 1. The van der Waals surface area contributed by atoms with Gasteiger partial charge in [-0.05, 0) is 73.9 Å². The van der Waals surface area contributed by atoms with Gasteiger partial charge in [-0.2, -0.15) is 0 Å². The van der Waals surface area contributed by atoms with Crippen molar-refractivity contribution in [1.82, 2.24) is 4.98 Å². The Kier molecular flexibility index (Phi) is 4.95. The molecule has 0 amide bonds. The Balaban J connectivity index is 1.75. The molecule has 0 fully saturated rings. The first-order chi connectivity index (χ1) is 12.3. The molecule has 1 heterocycles. The lowest BCUT2D eigenvalue weighted by Gasteiger charge is -2.11. The maximum Gasteiger partial charge on any atom is 0.261 e. The summed E-state index contributed by atoms with van der Waals surface area (Å²) in [5, 5.41) is 3.19. The molecular formula is C20H21N3O2S. The van der Waals surface area contributed by atoms with E-state index in [9.17, 15) is 8.42 Å². The summed E-state index contributed by atoms with van der Waals surface area (Å²) in [4.78, 5) is 4.51. The standard InChI is InChI=1S/C20H21N3O2S/c1-14-5-4-6-17(11-14)22-20-10-8-18(13-21-20)23-26(24,25)19-9-7-15(2)16(3)12-19/h4-13,23H,1-3H3,(H,21,22). The molecule has 0 aliphatic rings. The molecule has 0 saturated carbocycles. The summed E-state index contributed by atoms with van der Waals surface area (Å²) < 4.78 is 27.6. The van der Waals surface area contributed by atoms with Crippen molar-refractivity contribution >= 4 is 27.2 Å². The van der Waals surface area contributed by atoms with Crippen molar-refractivity contribution in [3.8, 4) is 0 Å². The zero-order chi connectivity index (χ0) is 18.7. The van der Waals surface area contributed by atoms with Gasteiger partial charge in [-0.1, -0.05) is 18.2 Å². The highest BCUT2D eigenvalue weighted by atomic mass is 32.2. The normalized spacial score (nSPS) is 11.2. The van der Waals surface area contributed by atoms with E-state index in [2.05, 4.69) is 15.0 Å². The molecule has 0 saturated heterocycles. The topological polar surface area (TPSA) is 71.1 Å². The first-order valence-corrected chi connectivity index (χ1v) is 9.72. The highest BCUT2D eigenvalue weighted by Crippen LogP contribution is 2.20. The molecule has 3 aromatic rings. The predicted octanol–water partition coefficient (Wildman–Crippen LogP) is 4.55. The van der Waals surface area contributed by atoms with Crippen LogP contribution >= 0.6 is 0 Å². The van der Waals surface area contributed by atoms with E-state index in [1.165, 1.54) is 6.20 Å². The molecule has 0 unspecified atom stereocenters. The van der Waals surface area contributed by atoms with Crippen molar-refractivity contribution in [2.75, 3.05) is 10.0 Å². The average molecular weight is 367 g/mol. The number of sulfonamides is 1. The average Bonchev–Trinajstić information content (AvgIpc) is 2.59. The van der Waals surface area contributed by atoms with Crippen molar-refractivity contribution in [1.29, 1.82) is 0 Å². The first kappa shape index (κ1) is 17.9. The van der Waals surface area contributed by atoms with Crippen molar-refractivity contribution < 1.29 is 8.42 Å². The van der Waals surface area contributed by atoms with Crippen LogP contribution in [-0.4, -0.2) is 13.4 Å². The third-order valence-corrected chi connectivity index (χ3v) is 5.47. The number of hydrogen-bond acceptors (Lipinski definition) is 4. The van der Waals surface area contributed by atoms with Crippen LogP contribution in [0.1, 0.15) is 16.7 Å². The number of hydrogen-bond donors (Lipinski definition) is 2. The van der Waals surface area contributed by atoms with Gasteiger partial charge in [0.2, 0.25) is 0 Å². The molecule has 0 bridgehead atoms. The highest BCUT2D eigenvalue weighted by molar-refractivity contribution is 7.92. The maximum atomic E-state index is 12.5. The van der Waals surface area contributed by atoms with Crippen molar-refractivity contribution in [3.63, 3.8) is 0 Å². The smallest absolute Gasteiger partial charge is 0.261 e. The van der Waals surface area contributed by atoms with Gasteiger partial charge in [0.1, 0.15) is 5.82 Å². The fourth-order valence-electron chi connectivity index (χ4n) is 2.49. The molecule has 1 aromatic heterocycles. The summed E-state index contributed by atoms with van der Waals surface area (Å²) in [6.07, 6.45) is 1.50. The van der Waals surface area contributed by atoms with Crippen LogP contribution in [0.25, 0.3) is 0 Å². The zero-order valence-corrected chi connectivity index (χ0v) is 15.8. The third kappa shape index (κ3) is 4.21. The van der Waals surface area contributed by atoms with E-state index in [0.29, 0.717) is 11.5 Å². The first-order valence-electron chi connectivity index (χ1n) is 8.23. The Morgan fingerprint density at radius 1 is 0.846 bits per heavy atom. The lowest BCUT2D eigenvalue weighted by atomic mass is 10.1. The Hall–Kier alpha value is -2.86. The Morgan fingerprint density at radius 3 is 2.31 bits per heavy atom. The number of nitrogens with zero attached hydrogens (tertiary/aromatic N) is 1. The molecule has 26 heavy (non-hydrogen) atoms. The number of benzene rings is 2. The zero-order valence-electron chi connectivity index (χ0n) is 14.9. The highest BCUT2D eigenvalue weighted by Gasteiger charge is 2.15. The fourth-order valence-corrected chi connectivity index (χ4v) is 3.62. The summed E-state index contributed by atoms with van der Waals surface area (Å²) in [5.74, 6) is 0.643. The van der Waals surface area contributed by atoms with Crippen LogP contribution in [0.15, 0.2) is 65.7 Å². The minimum atomic E-state index is -3.64. The predicted molar refractivity (Wildman–Crippen MR) is 105 cm³/mol. The number of rotatable bonds is 5. The molecule has 0 radical (unpaired) electrons. The van der Waals surface area contributed by atoms with Crippen LogP contribution in [0, 0.1) is 20.8 Å². The minimum Gasteiger partial charge on any atom is -0.340 e. The van der Waals surface area contributed by atoms with Gasteiger partial charge < -0.3 is 5.32 Å². The van der Waals surface area contributed by atoms with Crippen molar-refractivity contribution in [2.45, 2.75) is 25.7 Å². The van der Waals surface area contributed by atoms with Gasteiger partial charge in [-0.15, -0.1) is 0 Å². The van der Waals surface area contributed by atoms with E-state index in [1.807, 2.05) is 45.0 Å². The van der Waals surface area contributed by atoms with Crippen LogP contribution < -0.4 is 10.0 Å². The largest absolute Gasteiger partial charge is 0.340 e. The van der Waals surface area contributed by atoms with E-state index in [-0.39, 0.29) is 4.90 Å².